The van der Waals surface area contributed by atoms with E-state index in [-0.39, 0.29) is 0 Å². The lowest BCUT2D eigenvalue weighted by Gasteiger charge is -2.23. The highest BCUT2D eigenvalue weighted by atomic mass is 16.5. The van der Waals surface area contributed by atoms with E-state index in [2.05, 4.69) is 6.92 Å². The van der Waals surface area contributed by atoms with Crippen LogP contribution in [0.5, 0.6) is 0 Å². The number of hydrogen-bond donors (Lipinski definition) is 1. The molecule has 0 aromatic heterocycles. The summed E-state index contributed by atoms with van der Waals surface area (Å²) in [6.45, 7) is 4.96. The van der Waals surface area contributed by atoms with Crippen LogP contribution in [-0.2, 0) is 4.74 Å². The molecule has 2 nitrogen and oxygen atoms in total. The van der Waals surface area contributed by atoms with E-state index in [0.29, 0.717) is 6.10 Å². The fourth-order valence-electron chi connectivity index (χ4n) is 2.01. The monoisotopic (exact) mass is 186 g/mol. The fraction of sp³-hybridized carbons (Fsp3) is 1.00. The van der Waals surface area contributed by atoms with Gasteiger partial charge in [-0.1, -0.05) is 13.3 Å². The van der Waals surface area contributed by atoms with E-state index in [0.717, 1.165) is 32.3 Å². The molecular weight excluding hydrogens is 164 g/mol. The first kappa shape index (κ1) is 11.0. The predicted molar refractivity (Wildman–Crippen MR) is 53.7 cm³/mol. The van der Waals surface area contributed by atoms with Crippen molar-refractivity contribution in [1.82, 2.24) is 0 Å². The summed E-state index contributed by atoms with van der Waals surface area (Å²) in [6.07, 6.45) is 6.66. The average Bonchev–Trinajstić information content (AvgIpc) is 2.52. The van der Waals surface area contributed by atoms with Crippen LogP contribution < -0.4 is 0 Å². The Labute approximate surface area is 81.3 Å². The van der Waals surface area contributed by atoms with Crippen LogP contribution in [0.1, 0.15) is 52.4 Å². The Morgan fingerprint density at radius 3 is 2.77 bits per heavy atom. The third-order valence-corrected chi connectivity index (χ3v) is 2.82. The van der Waals surface area contributed by atoms with Crippen molar-refractivity contribution in [2.75, 3.05) is 6.61 Å². The summed E-state index contributed by atoms with van der Waals surface area (Å²) < 4.78 is 5.52. The van der Waals surface area contributed by atoms with Gasteiger partial charge in [0.25, 0.3) is 0 Å². The molecule has 1 rings (SSSR count). The lowest BCUT2D eigenvalue weighted by molar-refractivity contribution is 0.0181. The summed E-state index contributed by atoms with van der Waals surface area (Å²) in [5, 5.41) is 9.92. The smallest absolute Gasteiger partial charge is 0.0620 e. The Morgan fingerprint density at radius 1 is 1.46 bits per heavy atom. The third-order valence-electron chi connectivity index (χ3n) is 2.82. The maximum absolute atomic E-state index is 9.92. The second kappa shape index (κ2) is 4.97. The van der Waals surface area contributed by atoms with Crippen molar-refractivity contribution in [2.24, 2.45) is 0 Å². The predicted octanol–water partition coefficient (Wildman–Crippen LogP) is 2.50. The Bertz CT molecular complexity index is 137. The largest absolute Gasteiger partial charge is 0.390 e. The minimum Gasteiger partial charge on any atom is -0.390 e. The zero-order valence-corrected chi connectivity index (χ0v) is 8.88. The van der Waals surface area contributed by atoms with E-state index >= 15 is 0 Å². The quantitative estimate of drug-likeness (QED) is 0.715. The zero-order chi connectivity index (χ0) is 9.73. The lowest BCUT2D eigenvalue weighted by atomic mass is 9.93. The van der Waals surface area contributed by atoms with Crippen molar-refractivity contribution in [2.45, 2.75) is 64.1 Å². The molecule has 1 saturated heterocycles. The van der Waals surface area contributed by atoms with Crippen LogP contribution in [-0.4, -0.2) is 23.4 Å². The highest BCUT2D eigenvalue weighted by molar-refractivity contribution is 4.75. The normalized spacial score (nSPS) is 27.5. The Balaban J connectivity index is 2.15. The zero-order valence-electron chi connectivity index (χ0n) is 8.88. The molecule has 1 N–H and O–H groups in total. The van der Waals surface area contributed by atoms with Gasteiger partial charge in [-0.25, -0.2) is 0 Å². The highest BCUT2D eigenvalue weighted by Gasteiger charge is 2.23. The molecule has 2 unspecified atom stereocenters. The molecule has 13 heavy (non-hydrogen) atoms. The van der Waals surface area contributed by atoms with Crippen LogP contribution in [0.3, 0.4) is 0 Å². The molecule has 0 aromatic carbocycles. The van der Waals surface area contributed by atoms with Gasteiger partial charge in [-0.3, -0.25) is 0 Å². The van der Waals surface area contributed by atoms with Crippen LogP contribution >= 0.6 is 0 Å². The minimum atomic E-state index is -0.472. The molecule has 1 heterocycles. The molecule has 0 spiro atoms. The number of rotatable bonds is 5. The molecule has 2 atom stereocenters. The van der Waals surface area contributed by atoms with Gasteiger partial charge in [0.1, 0.15) is 0 Å². The molecule has 2 heteroatoms. The van der Waals surface area contributed by atoms with E-state index in [9.17, 15) is 5.11 Å². The molecular formula is C11H22O2. The molecule has 78 valence electrons. The number of ether oxygens (including phenoxy) is 1. The molecule has 0 amide bonds. The van der Waals surface area contributed by atoms with Gasteiger partial charge in [0.2, 0.25) is 0 Å². The van der Waals surface area contributed by atoms with Crippen LogP contribution in [0, 0.1) is 0 Å². The van der Waals surface area contributed by atoms with Crippen molar-refractivity contribution in [1.29, 1.82) is 0 Å². The van der Waals surface area contributed by atoms with Crippen LogP contribution in [0.4, 0.5) is 0 Å². The molecule has 1 aliphatic heterocycles. The van der Waals surface area contributed by atoms with E-state index in [1.54, 1.807) is 0 Å². The van der Waals surface area contributed by atoms with E-state index in [1.807, 2.05) is 6.92 Å². The van der Waals surface area contributed by atoms with Gasteiger partial charge in [-0.2, -0.15) is 0 Å². The maximum atomic E-state index is 9.92. The Hall–Kier alpha value is -0.0800. The first-order chi connectivity index (χ1) is 6.14. The standard InChI is InChI=1S/C11H22O2/c1-3-7-11(2,12)8-6-10-5-4-9-13-10/h10,12H,3-9H2,1-2H3. The van der Waals surface area contributed by atoms with Crippen LogP contribution in [0.25, 0.3) is 0 Å². The third kappa shape index (κ3) is 4.10. The van der Waals surface area contributed by atoms with E-state index in [1.165, 1.54) is 12.8 Å². The van der Waals surface area contributed by atoms with Gasteiger partial charge < -0.3 is 9.84 Å². The summed E-state index contributed by atoms with van der Waals surface area (Å²) in [5.41, 5.74) is -0.472. The fourth-order valence-corrected chi connectivity index (χ4v) is 2.01. The summed E-state index contributed by atoms with van der Waals surface area (Å²) in [5.74, 6) is 0. The summed E-state index contributed by atoms with van der Waals surface area (Å²) >= 11 is 0. The number of aliphatic hydroxyl groups is 1. The molecule has 1 aliphatic rings. The van der Waals surface area contributed by atoms with E-state index in [4.69, 9.17) is 4.74 Å². The van der Waals surface area contributed by atoms with E-state index < -0.39 is 5.60 Å². The summed E-state index contributed by atoms with van der Waals surface area (Å²) in [4.78, 5) is 0. The second-order valence-electron chi connectivity index (χ2n) is 4.42. The Morgan fingerprint density at radius 2 is 2.23 bits per heavy atom. The van der Waals surface area contributed by atoms with Gasteiger partial charge in [0.15, 0.2) is 0 Å². The molecule has 0 saturated carbocycles. The topological polar surface area (TPSA) is 29.5 Å². The minimum absolute atomic E-state index is 0.420. The van der Waals surface area contributed by atoms with Gasteiger partial charge in [0.05, 0.1) is 11.7 Å². The van der Waals surface area contributed by atoms with Gasteiger partial charge in [-0.05, 0) is 39.0 Å². The van der Waals surface area contributed by atoms with Crippen LogP contribution in [0.15, 0.2) is 0 Å². The van der Waals surface area contributed by atoms with Gasteiger partial charge in [0, 0.05) is 6.61 Å². The Kier molecular flexibility index (Phi) is 4.20. The lowest BCUT2D eigenvalue weighted by Crippen LogP contribution is -2.25. The molecule has 0 aliphatic carbocycles. The van der Waals surface area contributed by atoms with Crippen LogP contribution in [0.2, 0.25) is 0 Å². The van der Waals surface area contributed by atoms with Crippen molar-refractivity contribution >= 4 is 0 Å². The summed E-state index contributed by atoms with van der Waals surface area (Å²) in [6, 6.07) is 0. The molecule has 1 fully saturated rings. The highest BCUT2D eigenvalue weighted by Crippen LogP contribution is 2.24. The molecule has 0 aromatic rings. The first-order valence-electron chi connectivity index (χ1n) is 5.48. The first-order valence-corrected chi connectivity index (χ1v) is 5.48. The van der Waals surface area contributed by atoms with Gasteiger partial charge >= 0.3 is 0 Å². The van der Waals surface area contributed by atoms with Crippen molar-refractivity contribution < 1.29 is 9.84 Å². The second-order valence-corrected chi connectivity index (χ2v) is 4.42. The van der Waals surface area contributed by atoms with Crippen molar-refractivity contribution in [3.63, 3.8) is 0 Å². The van der Waals surface area contributed by atoms with Crippen molar-refractivity contribution in [3.8, 4) is 0 Å². The molecule has 0 bridgehead atoms. The number of hydrogen-bond acceptors (Lipinski definition) is 2. The molecule has 0 radical (unpaired) electrons. The summed E-state index contributed by atoms with van der Waals surface area (Å²) in [7, 11) is 0. The van der Waals surface area contributed by atoms with Crippen molar-refractivity contribution in [3.05, 3.63) is 0 Å². The maximum Gasteiger partial charge on any atom is 0.0620 e. The van der Waals surface area contributed by atoms with Gasteiger partial charge in [-0.15, -0.1) is 0 Å². The SMILES string of the molecule is CCCC(C)(O)CCC1CCCO1. The average molecular weight is 186 g/mol.